The molecule has 1 aromatic carbocycles. The molecule has 2 aromatic rings. The predicted molar refractivity (Wildman–Crippen MR) is 75.6 cm³/mol. The second kappa shape index (κ2) is 5.44. The van der Waals surface area contributed by atoms with Gasteiger partial charge < -0.3 is 15.2 Å². The van der Waals surface area contributed by atoms with Crippen LogP contribution in [0.3, 0.4) is 0 Å². The zero-order chi connectivity index (χ0) is 14.0. The molecular weight excluding hydrogens is 310 g/mol. The Balaban J connectivity index is 2.12. The molecule has 0 saturated heterocycles. The predicted octanol–water partition coefficient (Wildman–Crippen LogP) is 2.60. The van der Waals surface area contributed by atoms with E-state index in [1.165, 1.54) is 0 Å². The minimum Gasteiger partial charge on any atom is -0.398 e. The number of carbonyl (C=O) groups excluding carboxylic acids is 1. The first-order valence-corrected chi connectivity index (χ1v) is 6.49. The van der Waals surface area contributed by atoms with E-state index in [4.69, 9.17) is 10.3 Å². The van der Waals surface area contributed by atoms with Gasteiger partial charge in [0.25, 0.3) is 5.91 Å². The highest BCUT2D eigenvalue weighted by molar-refractivity contribution is 9.10. The van der Waals surface area contributed by atoms with Crippen molar-refractivity contribution in [3.8, 4) is 0 Å². The molecule has 5 nitrogen and oxygen atoms in total. The molecule has 0 spiro atoms. The summed E-state index contributed by atoms with van der Waals surface area (Å²) in [7, 11) is 1.71. The van der Waals surface area contributed by atoms with Crippen LogP contribution in [0.15, 0.2) is 33.3 Å². The Hall–Kier alpha value is -1.82. The number of nitrogens with zero attached hydrogens (tertiary/aromatic N) is 2. The third-order valence-electron chi connectivity index (χ3n) is 2.67. The van der Waals surface area contributed by atoms with E-state index in [1.807, 2.05) is 6.92 Å². The number of benzene rings is 1. The molecule has 1 aromatic heterocycles. The molecule has 0 atom stereocenters. The number of halogens is 1. The van der Waals surface area contributed by atoms with Crippen molar-refractivity contribution >= 4 is 27.5 Å². The van der Waals surface area contributed by atoms with Gasteiger partial charge in [-0.1, -0.05) is 5.16 Å². The van der Waals surface area contributed by atoms with Gasteiger partial charge in [0.15, 0.2) is 0 Å². The number of nitrogen functional groups attached to an aromatic ring is 1. The Morgan fingerprint density at radius 1 is 1.47 bits per heavy atom. The van der Waals surface area contributed by atoms with Crippen LogP contribution in [0.5, 0.6) is 0 Å². The lowest BCUT2D eigenvalue weighted by atomic mass is 10.2. The van der Waals surface area contributed by atoms with E-state index < -0.39 is 0 Å². The Morgan fingerprint density at radius 3 is 2.79 bits per heavy atom. The highest BCUT2D eigenvalue weighted by Crippen LogP contribution is 2.21. The van der Waals surface area contributed by atoms with Crippen molar-refractivity contribution in [2.45, 2.75) is 13.5 Å². The van der Waals surface area contributed by atoms with Crippen LogP contribution in [0, 0.1) is 6.92 Å². The van der Waals surface area contributed by atoms with Crippen LogP contribution in [0.2, 0.25) is 0 Å². The number of aryl methyl sites for hydroxylation is 1. The fourth-order valence-electron chi connectivity index (χ4n) is 1.70. The number of aromatic nitrogens is 1. The standard InChI is InChI=1S/C13H14BrN3O2/c1-8-5-10(16-19-8)7-17(2)13(18)9-3-4-11(14)12(15)6-9/h3-6H,7,15H2,1-2H3. The maximum atomic E-state index is 12.2. The van der Waals surface area contributed by atoms with Gasteiger partial charge >= 0.3 is 0 Å². The summed E-state index contributed by atoms with van der Waals surface area (Å²) in [5.41, 5.74) is 7.57. The van der Waals surface area contributed by atoms with E-state index in [2.05, 4.69) is 21.1 Å². The summed E-state index contributed by atoms with van der Waals surface area (Å²) in [5, 5.41) is 3.86. The van der Waals surface area contributed by atoms with E-state index in [1.54, 1.807) is 36.2 Å². The zero-order valence-corrected chi connectivity index (χ0v) is 12.3. The molecule has 0 unspecified atom stereocenters. The smallest absolute Gasteiger partial charge is 0.254 e. The summed E-state index contributed by atoms with van der Waals surface area (Å²) < 4.78 is 5.75. The van der Waals surface area contributed by atoms with Gasteiger partial charge in [0.2, 0.25) is 0 Å². The fraction of sp³-hybridized carbons (Fsp3) is 0.231. The number of amides is 1. The summed E-state index contributed by atoms with van der Waals surface area (Å²) in [4.78, 5) is 13.8. The quantitative estimate of drug-likeness (QED) is 0.881. The average molecular weight is 324 g/mol. The largest absolute Gasteiger partial charge is 0.398 e. The summed E-state index contributed by atoms with van der Waals surface area (Å²) in [6.45, 7) is 2.21. The third kappa shape index (κ3) is 3.14. The Kier molecular flexibility index (Phi) is 3.90. The molecular formula is C13H14BrN3O2. The maximum Gasteiger partial charge on any atom is 0.254 e. The molecule has 2 N–H and O–H groups in total. The Morgan fingerprint density at radius 2 is 2.21 bits per heavy atom. The number of carbonyl (C=O) groups is 1. The fourth-order valence-corrected chi connectivity index (χ4v) is 1.95. The average Bonchev–Trinajstić information content (AvgIpc) is 2.77. The first-order chi connectivity index (χ1) is 8.97. The second-order valence-corrected chi connectivity index (χ2v) is 5.18. The van der Waals surface area contributed by atoms with E-state index in [9.17, 15) is 4.79 Å². The maximum absolute atomic E-state index is 12.2. The first-order valence-electron chi connectivity index (χ1n) is 5.70. The molecule has 0 aliphatic carbocycles. The van der Waals surface area contributed by atoms with E-state index in [0.29, 0.717) is 17.8 Å². The van der Waals surface area contributed by atoms with Crippen molar-refractivity contribution < 1.29 is 9.32 Å². The number of anilines is 1. The highest BCUT2D eigenvalue weighted by atomic mass is 79.9. The van der Waals surface area contributed by atoms with Crippen molar-refractivity contribution in [1.82, 2.24) is 10.1 Å². The van der Waals surface area contributed by atoms with Gasteiger partial charge in [-0.25, -0.2) is 0 Å². The molecule has 0 radical (unpaired) electrons. The Bertz CT molecular complexity index is 610. The number of rotatable bonds is 3. The summed E-state index contributed by atoms with van der Waals surface area (Å²) >= 11 is 3.30. The van der Waals surface area contributed by atoms with Gasteiger partial charge in [-0.2, -0.15) is 0 Å². The van der Waals surface area contributed by atoms with E-state index >= 15 is 0 Å². The SMILES string of the molecule is Cc1cc(CN(C)C(=O)c2ccc(Br)c(N)c2)no1. The molecule has 2 rings (SSSR count). The molecule has 0 saturated carbocycles. The first kappa shape index (κ1) is 13.6. The van der Waals surface area contributed by atoms with Gasteiger partial charge in [-0.05, 0) is 41.1 Å². The molecule has 1 heterocycles. The van der Waals surface area contributed by atoms with Crippen LogP contribution < -0.4 is 5.73 Å². The topological polar surface area (TPSA) is 72.4 Å². The number of nitrogens with two attached hydrogens (primary N) is 1. The minimum absolute atomic E-state index is 0.111. The number of hydrogen-bond donors (Lipinski definition) is 1. The molecule has 0 aliphatic rings. The highest BCUT2D eigenvalue weighted by Gasteiger charge is 2.14. The molecule has 1 amide bonds. The van der Waals surface area contributed by atoms with Gasteiger partial charge in [0.05, 0.1) is 6.54 Å². The van der Waals surface area contributed by atoms with Crippen molar-refractivity contribution in [2.24, 2.45) is 0 Å². The minimum atomic E-state index is -0.111. The van der Waals surface area contributed by atoms with Gasteiger partial charge in [0, 0.05) is 28.8 Å². The monoisotopic (exact) mass is 323 g/mol. The molecule has 6 heteroatoms. The van der Waals surface area contributed by atoms with Gasteiger partial charge in [0.1, 0.15) is 11.5 Å². The van der Waals surface area contributed by atoms with Crippen LogP contribution in [0.25, 0.3) is 0 Å². The van der Waals surface area contributed by atoms with Gasteiger partial charge in [-0.3, -0.25) is 4.79 Å². The van der Waals surface area contributed by atoms with Gasteiger partial charge in [-0.15, -0.1) is 0 Å². The lowest BCUT2D eigenvalue weighted by Crippen LogP contribution is -2.26. The molecule has 19 heavy (non-hydrogen) atoms. The summed E-state index contributed by atoms with van der Waals surface area (Å²) in [6.07, 6.45) is 0. The molecule has 0 aliphatic heterocycles. The normalized spacial score (nSPS) is 10.5. The van der Waals surface area contributed by atoms with Crippen LogP contribution in [-0.2, 0) is 6.54 Å². The number of hydrogen-bond acceptors (Lipinski definition) is 4. The van der Waals surface area contributed by atoms with Crippen molar-refractivity contribution in [3.05, 3.63) is 45.8 Å². The van der Waals surface area contributed by atoms with Crippen molar-refractivity contribution in [3.63, 3.8) is 0 Å². The molecule has 100 valence electrons. The molecule has 0 bridgehead atoms. The van der Waals surface area contributed by atoms with Crippen molar-refractivity contribution in [2.75, 3.05) is 12.8 Å². The van der Waals surface area contributed by atoms with E-state index in [0.717, 1.165) is 15.9 Å². The summed E-state index contributed by atoms with van der Waals surface area (Å²) in [6, 6.07) is 6.95. The van der Waals surface area contributed by atoms with Crippen molar-refractivity contribution in [1.29, 1.82) is 0 Å². The van der Waals surface area contributed by atoms with E-state index in [-0.39, 0.29) is 5.91 Å². The van der Waals surface area contributed by atoms with Crippen LogP contribution in [0.1, 0.15) is 21.8 Å². The lowest BCUT2D eigenvalue weighted by Gasteiger charge is -2.16. The third-order valence-corrected chi connectivity index (χ3v) is 3.39. The Labute approximate surface area is 119 Å². The van der Waals surface area contributed by atoms with Crippen LogP contribution >= 0.6 is 15.9 Å². The summed E-state index contributed by atoms with van der Waals surface area (Å²) in [5.74, 6) is 0.614. The molecule has 0 fully saturated rings. The lowest BCUT2D eigenvalue weighted by molar-refractivity contribution is 0.0782. The van der Waals surface area contributed by atoms with Crippen LogP contribution in [-0.4, -0.2) is 23.0 Å². The van der Waals surface area contributed by atoms with Crippen LogP contribution in [0.4, 0.5) is 5.69 Å². The second-order valence-electron chi connectivity index (χ2n) is 4.33. The zero-order valence-electron chi connectivity index (χ0n) is 10.7.